The zero-order valence-electron chi connectivity index (χ0n) is 20.9. The van der Waals surface area contributed by atoms with Crippen LogP contribution < -0.4 is 0 Å². The van der Waals surface area contributed by atoms with Crippen molar-refractivity contribution >= 4 is 38.4 Å². The van der Waals surface area contributed by atoms with E-state index < -0.39 is 0 Å². The Balaban J connectivity index is 1.26. The molecule has 8 rings (SSSR count). The largest absolute Gasteiger partial charge is 0.299 e. The first kappa shape index (κ1) is 21.6. The summed E-state index contributed by atoms with van der Waals surface area (Å²) >= 11 is 0. The summed E-state index contributed by atoms with van der Waals surface area (Å²) in [6, 6.07) is 39.4. The summed E-state index contributed by atoms with van der Waals surface area (Å²) in [6.07, 6.45) is 3.88. The van der Waals surface area contributed by atoms with Crippen molar-refractivity contribution in [1.82, 2.24) is 24.3 Å². The predicted octanol–water partition coefficient (Wildman–Crippen LogP) is 7.98. The zero-order chi connectivity index (χ0) is 25.8. The number of aromatic nitrogens is 5. The first-order valence-corrected chi connectivity index (χ1v) is 12.9. The van der Waals surface area contributed by atoms with Gasteiger partial charge in [-0.2, -0.15) is 0 Å². The quantitative estimate of drug-likeness (QED) is 0.231. The number of benzene rings is 3. The van der Waals surface area contributed by atoms with Gasteiger partial charge in [0.15, 0.2) is 0 Å². The van der Waals surface area contributed by atoms with Gasteiger partial charge in [-0.15, -0.1) is 0 Å². The number of para-hydroxylation sites is 1. The Morgan fingerprint density at radius 2 is 1.21 bits per heavy atom. The maximum absolute atomic E-state index is 5.02. The monoisotopic (exact) mass is 499 g/mol. The summed E-state index contributed by atoms with van der Waals surface area (Å²) in [4.78, 5) is 19.6. The van der Waals surface area contributed by atoms with E-state index in [9.17, 15) is 0 Å². The van der Waals surface area contributed by atoms with Gasteiger partial charge in [-0.25, -0.2) is 15.0 Å². The lowest BCUT2D eigenvalue weighted by molar-refractivity contribution is 1.19. The van der Waals surface area contributed by atoms with Crippen LogP contribution in [0.5, 0.6) is 0 Å². The Labute approximate surface area is 224 Å². The molecule has 0 saturated heterocycles. The van der Waals surface area contributed by atoms with Crippen molar-refractivity contribution in [3.05, 3.63) is 128 Å². The Morgan fingerprint density at radius 1 is 0.487 bits per heavy atom. The highest BCUT2D eigenvalue weighted by molar-refractivity contribution is 6.03. The highest BCUT2D eigenvalue weighted by Crippen LogP contribution is 2.34. The van der Waals surface area contributed by atoms with E-state index in [1.54, 1.807) is 0 Å². The van der Waals surface area contributed by atoms with Gasteiger partial charge in [0.2, 0.25) is 0 Å². The summed E-state index contributed by atoms with van der Waals surface area (Å²) < 4.78 is 2.13. The van der Waals surface area contributed by atoms with Gasteiger partial charge in [0.25, 0.3) is 0 Å². The Morgan fingerprint density at radius 3 is 2.13 bits per heavy atom. The van der Waals surface area contributed by atoms with Crippen LogP contribution in [0.4, 0.5) is 0 Å². The van der Waals surface area contributed by atoms with E-state index in [-0.39, 0.29) is 0 Å². The molecule has 0 amide bonds. The van der Waals surface area contributed by atoms with E-state index in [1.165, 1.54) is 0 Å². The SMILES string of the molecule is c1ccc2nc(-c3nc4ccccn4c3-c3ccc(-c4ccc5ccc6cccnc6c5n4)cc3)ccc2c1. The van der Waals surface area contributed by atoms with E-state index in [1.807, 2.05) is 48.7 Å². The number of rotatable bonds is 3. The molecular weight excluding hydrogens is 478 g/mol. The van der Waals surface area contributed by atoms with Crippen LogP contribution >= 0.6 is 0 Å². The van der Waals surface area contributed by atoms with Crippen molar-refractivity contribution in [2.75, 3.05) is 0 Å². The van der Waals surface area contributed by atoms with Crippen molar-refractivity contribution < 1.29 is 0 Å². The summed E-state index contributed by atoms with van der Waals surface area (Å²) in [5.41, 5.74) is 9.45. The highest BCUT2D eigenvalue weighted by Gasteiger charge is 2.17. The third kappa shape index (κ3) is 3.55. The minimum absolute atomic E-state index is 0.854. The summed E-state index contributed by atoms with van der Waals surface area (Å²) in [5.74, 6) is 0. The molecule has 5 aromatic heterocycles. The van der Waals surface area contributed by atoms with Gasteiger partial charge in [-0.3, -0.25) is 9.38 Å². The van der Waals surface area contributed by atoms with Gasteiger partial charge in [-0.05, 0) is 36.4 Å². The molecule has 0 aliphatic carbocycles. The van der Waals surface area contributed by atoms with Crippen LogP contribution in [0.15, 0.2) is 128 Å². The Hall–Kier alpha value is -5.42. The van der Waals surface area contributed by atoms with Crippen LogP contribution in [-0.2, 0) is 0 Å². The van der Waals surface area contributed by atoms with E-state index in [0.29, 0.717) is 0 Å². The average molecular weight is 500 g/mol. The first-order chi connectivity index (χ1) is 19.3. The molecular formula is C34H21N5. The number of imidazole rings is 1. The molecule has 0 spiro atoms. The van der Waals surface area contributed by atoms with Gasteiger partial charge in [0, 0.05) is 39.7 Å². The smallest absolute Gasteiger partial charge is 0.138 e. The minimum Gasteiger partial charge on any atom is -0.299 e. The van der Waals surface area contributed by atoms with Gasteiger partial charge < -0.3 is 0 Å². The molecule has 5 heterocycles. The third-order valence-electron chi connectivity index (χ3n) is 7.26. The molecule has 8 aromatic rings. The standard InChI is InChI=1S/C34H21N5/c1-2-8-27-22(6-1)16-19-29(36-27)33-34(39-21-4-3-9-30(39)38-33)26-14-10-23(11-15-26)28-18-17-25-13-12-24-7-5-20-35-31(24)32(25)37-28/h1-21H. The maximum atomic E-state index is 5.02. The molecule has 0 aliphatic rings. The van der Waals surface area contributed by atoms with Crippen LogP contribution in [0, 0.1) is 0 Å². The van der Waals surface area contributed by atoms with E-state index in [0.717, 1.165) is 72.3 Å². The molecule has 0 bridgehead atoms. The second kappa shape index (κ2) is 8.57. The lowest BCUT2D eigenvalue weighted by Gasteiger charge is -2.09. The fraction of sp³-hybridized carbons (Fsp3) is 0. The normalized spacial score (nSPS) is 11.6. The molecule has 0 radical (unpaired) electrons. The van der Waals surface area contributed by atoms with Crippen LogP contribution in [0.1, 0.15) is 0 Å². The van der Waals surface area contributed by atoms with Crippen molar-refractivity contribution in [1.29, 1.82) is 0 Å². The summed E-state index contributed by atoms with van der Waals surface area (Å²) in [5, 5.41) is 3.29. The van der Waals surface area contributed by atoms with Gasteiger partial charge in [-0.1, -0.05) is 78.9 Å². The first-order valence-electron chi connectivity index (χ1n) is 12.9. The zero-order valence-corrected chi connectivity index (χ0v) is 20.9. The second-order valence-corrected chi connectivity index (χ2v) is 9.61. The average Bonchev–Trinajstić information content (AvgIpc) is 3.40. The molecule has 182 valence electrons. The number of hydrogen-bond donors (Lipinski definition) is 0. The molecule has 0 aliphatic heterocycles. The van der Waals surface area contributed by atoms with Crippen molar-refractivity contribution in [2.24, 2.45) is 0 Å². The van der Waals surface area contributed by atoms with E-state index >= 15 is 0 Å². The van der Waals surface area contributed by atoms with Crippen molar-refractivity contribution in [3.63, 3.8) is 0 Å². The number of fused-ring (bicyclic) bond motifs is 5. The lowest BCUT2D eigenvalue weighted by atomic mass is 10.0. The van der Waals surface area contributed by atoms with Crippen LogP contribution in [0.2, 0.25) is 0 Å². The Bertz CT molecular complexity index is 2180. The molecule has 0 atom stereocenters. The molecule has 3 aromatic carbocycles. The van der Waals surface area contributed by atoms with E-state index in [4.69, 9.17) is 15.0 Å². The third-order valence-corrected chi connectivity index (χ3v) is 7.26. The summed E-state index contributed by atoms with van der Waals surface area (Å²) in [7, 11) is 0. The second-order valence-electron chi connectivity index (χ2n) is 9.61. The molecule has 5 nitrogen and oxygen atoms in total. The van der Waals surface area contributed by atoms with Crippen LogP contribution in [-0.4, -0.2) is 24.3 Å². The summed E-state index contributed by atoms with van der Waals surface area (Å²) in [6.45, 7) is 0. The minimum atomic E-state index is 0.854. The molecule has 0 unspecified atom stereocenters. The fourth-order valence-electron chi connectivity index (χ4n) is 5.33. The predicted molar refractivity (Wildman–Crippen MR) is 157 cm³/mol. The van der Waals surface area contributed by atoms with Gasteiger partial charge in [0.1, 0.15) is 11.3 Å². The van der Waals surface area contributed by atoms with E-state index in [2.05, 4.69) is 88.4 Å². The van der Waals surface area contributed by atoms with Gasteiger partial charge in [0.05, 0.1) is 33.6 Å². The highest BCUT2D eigenvalue weighted by atomic mass is 15.0. The molecule has 5 heteroatoms. The molecule has 0 N–H and O–H groups in total. The molecule has 39 heavy (non-hydrogen) atoms. The molecule has 0 saturated carbocycles. The van der Waals surface area contributed by atoms with Crippen LogP contribution in [0.25, 0.3) is 72.3 Å². The fourth-order valence-corrected chi connectivity index (χ4v) is 5.33. The topological polar surface area (TPSA) is 56.0 Å². The number of nitrogens with zero attached hydrogens (tertiary/aromatic N) is 5. The van der Waals surface area contributed by atoms with Crippen molar-refractivity contribution in [3.8, 4) is 33.9 Å². The number of pyridine rings is 4. The molecule has 0 fully saturated rings. The van der Waals surface area contributed by atoms with Crippen molar-refractivity contribution in [2.45, 2.75) is 0 Å². The van der Waals surface area contributed by atoms with Crippen LogP contribution in [0.3, 0.4) is 0 Å². The number of hydrogen-bond acceptors (Lipinski definition) is 4. The lowest BCUT2D eigenvalue weighted by Crippen LogP contribution is -1.92. The van der Waals surface area contributed by atoms with Gasteiger partial charge >= 0.3 is 0 Å². The Kier molecular flexibility index (Phi) is 4.76. The maximum Gasteiger partial charge on any atom is 0.138 e.